The summed E-state index contributed by atoms with van der Waals surface area (Å²) in [5, 5.41) is 3.85. The Morgan fingerprint density at radius 3 is 3.25 bits per heavy atom. The summed E-state index contributed by atoms with van der Waals surface area (Å²) in [7, 11) is 0. The standard InChI is InChI=1S/C14H17N3O2S/c15-12-10-2-4-16-7-11(10)20-13(12)14(18)17-5-1-9-3-6-19-8-9/h2,4,7,9H,1,3,5-6,8,15H2,(H,17,18). The number of nitrogens with zero attached hydrogens (tertiary/aromatic N) is 1. The number of carbonyl (C=O) groups excluding carboxylic acids is 1. The number of thiophene rings is 1. The largest absolute Gasteiger partial charge is 0.397 e. The maximum atomic E-state index is 12.2. The summed E-state index contributed by atoms with van der Waals surface area (Å²) in [6.45, 7) is 2.32. The van der Waals surface area contributed by atoms with Crippen LogP contribution in [0.1, 0.15) is 22.5 Å². The second-order valence-corrected chi connectivity index (χ2v) is 6.04. The van der Waals surface area contributed by atoms with Crippen molar-refractivity contribution in [1.82, 2.24) is 10.3 Å². The van der Waals surface area contributed by atoms with Gasteiger partial charge in [-0.1, -0.05) is 0 Å². The van der Waals surface area contributed by atoms with Crippen LogP contribution in [0.3, 0.4) is 0 Å². The first-order chi connectivity index (χ1) is 9.75. The number of ether oxygens (including phenoxy) is 1. The smallest absolute Gasteiger partial charge is 0.263 e. The summed E-state index contributed by atoms with van der Waals surface area (Å²) >= 11 is 1.39. The Labute approximate surface area is 121 Å². The molecule has 3 rings (SSSR count). The van der Waals surface area contributed by atoms with Crippen LogP contribution in [0.25, 0.3) is 10.1 Å². The first kappa shape index (κ1) is 13.3. The average molecular weight is 291 g/mol. The van der Waals surface area contributed by atoms with Crippen LogP contribution >= 0.6 is 11.3 Å². The first-order valence-electron chi connectivity index (χ1n) is 6.73. The first-order valence-corrected chi connectivity index (χ1v) is 7.55. The number of aromatic nitrogens is 1. The minimum absolute atomic E-state index is 0.0948. The van der Waals surface area contributed by atoms with E-state index in [0.29, 0.717) is 23.0 Å². The van der Waals surface area contributed by atoms with Gasteiger partial charge in [0.05, 0.1) is 10.4 Å². The molecule has 2 aromatic rings. The van der Waals surface area contributed by atoms with Crippen LogP contribution in [0.15, 0.2) is 18.5 Å². The highest BCUT2D eigenvalue weighted by atomic mass is 32.1. The van der Waals surface area contributed by atoms with Crippen LogP contribution in [0.4, 0.5) is 5.69 Å². The molecule has 6 heteroatoms. The van der Waals surface area contributed by atoms with Crippen molar-refractivity contribution in [1.29, 1.82) is 0 Å². The number of hydrogen-bond donors (Lipinski definition) is 2. The van der Waals surface area contributed by atoms with Gasteiger partial charge in [0.1, 0.15) is 4.88 Å². The van der Waals surface area contributed by atoms with Gasteiger partial charge in [0, 0.05) is 37.5 Å². The van der Waals surface area contributed by atoms with Crippen molar-refractivity contribution in [3.8, 4) is 0 Å². The summed E-state index contributed by atoms with van der Waals surface area (Å²) in [5.41, 5.74) is 6.59. The lowest BCUT2D eigenvalue weighted by atomic mass is 10.1. The van der Waals surface area contributed by atoms with Gasteiger partial charge in [0.2, 0.25) is 0 Å². The second kappa shape index (κ2) is 5.76. The van der Waals surface area contributed by atoms with Gasteiger partial charge in [-0.25, -0.2) is 0 Å². The summed E-state index contributed by atoms with van der Waals surface area (Å²) in [5.74, 6) is 0.474. The fourth-order valence-electron chi connectivity index (χ4n) is 2.42. The van der Waals surface area contributed by atoms with Gasteiger partial charge >= 0.3 is 0 Å². The molecule has 0 spiro atoms. The van der Waals surface area contributed by atoms with Crippen molar-refractivity contribution in [3.63, 3.8) is 0 Å². The Morgan fingerprint density at radius 2 is 2.50 bits per heavy atom. The van der Waals surface area contributed by atoms with E-state index in [9.17, 15) is 4.79 Å². The minimum Gasteiger partial charge on any atom is -0.397 e. The second-order valence-electron chi connectivity index (χ2n) is 4.99. The molecule has 0 radical (unpaired) electrons. The zero-order valence-electron chi connectivity index (χ0n) is 11.1. The lowest BCUT2D eigenvalue weighted by Crippen LogP contribution is -2.25. The molecule has 1 fully saturated rings. The predicted molar refractivity (Wildman–Crippen MR) is 79.9 cm³/mol. The van der Waals surface area contributed by atoms with Crippen LogP contribution in [-0.2, 0) is 4.74 Å². The molecule has 3 N–H and O–H groups in total. The molecule has 1 atom stereocenters. The zero-order chi connectivity index (χ0) is 13.9. The van der Waals surface area contributed by atoms with Crippen LogP contribution in [0.2, 0.25) is 0 Å². The SMILES string of the molecule is Nc1c(C(=O)NCCC2CCOC2)sc2cnccc12. The van der Waals surface area contributed by atoms with E-state index in [1.807, 2.05) is 6.07 Å². The van der Waals surface area contributed by atoms with E-state index in [1.165, 1.54) is 11.3 Å². The highest BCUT2D eigenvalue weighted by Gasteiger charge is 2.18. The van der Waals surface area contributed by atoms with E-state index in [2.05, 4.69) is 10.3 Å². The van der Waals surface area contributed by atoms with E-state index in [1.54, 1.807) is 12.4 Å². The molecule has 20 heavy (non-hydrogen) atoms. The van der Waals surface area contributed by atoms with Crippen LogP contribution in [-0.4, -0.2) is 30.6 Å². The summed E-state index contributed by atoms with van der Waals surface area (Å²) in [6, 6.07) is 1.84. The third-order valence-electron chi connectivity index (χ3n) is 3.60. The van der Waals surface area contributed by atoms with Gasteiger partial charge < -0.3 is 15.8 Å². The van der Waals surface area contributed by atoms with Crippen LogP contribution in [0, 0.1) is 5.92 Å². The maximum absolute atomic E-state index is 12.2. The molecule has 3 heterocycles. The molecule has 1 aliphatic heterocycles. The van der Waals surface area contributed by atoms with Gasteiger partial charge in [-0.3, -0.25) is 9.78 Å². The van der Waals surface area contributed by atoms with Crippen LogP contribution in [0.5, 0.6) is 0 Å². The van der Waals surface area contributed by atoms with Gasteiger partial charge in [-0.05, 0) is 24.8 Å². The van der Waals surface area contributed by atoms with E-state index >= 15 is 0 Å². The van der Waals surface area contributed by atoms with Crippen molar-refractivity contribution < 1.29 is 9.53 Å². The molecular formula is C14H17N3O2S. The molecule has 2 aromatic heterocycles. The Bertz CT molecular complexity index is 620. The molecule has 1 aliphatic rings. The van der Waals surface area contributed by atoms with Crippen molar-refractivity contribution in [2.75, 3.05) is 25.5 Å². The molecule has 0 aromatic carbocycles. The Balaban J connectivity index is 1.64. The molecule has 1 unspecified atom stereocenters. The normalized spacial score (nSPS) is 18.5. The number of anilines is 1. The number of amides is 1. The van der Waals surface area contributed by atoms with Crippen molar-refractivity contribution in [3.05, 3.63) is 23.3 Å². The van der Waals surface area contributed by atoms with Crippen molar-refractivity contribution >= 4 is 33.0 Å². The summed E-state index contributed by atoms with van der Waals surface area (Å²) < 4.78 is 6.26. The minimum atomic E-state index is -0.0948. The third kappa shape index (κ3) is 2.62. The fourth-order valence-corrected chi connectivity index (χ4v) is 3.43. The molecule has 5 nitrogen and oxygen atoms in total. The van der Waals surface area contributed by atoms with E-state index in [4.69, 9.17) is 10.5 Å². The van der Waals surface area contributed by atoms with Gasteiger partial charge in [0.15, 0.2) is 0 Å². The summed E-state index contributed by atoms with van der Waals surface area (Å²) in [4.78, 5) is 16.8. The number of carbonyl (C=O) groups is 1. The molecule has 1 amide bonds. The van der Waals surface area contributed by atoms with Gasteiger partial charge in [0.25, 0.3) is 5.91 Å². The number of fused-ring (bicyclic) bond motifs is 1. The average Bonchev–Trinajstić information content (AvgIpc) is 3.08. The summed E-state index contributed by atoms with van der Waals surface area (Å²) in [6.07, 6.45) is 5.47. The third-order valence-corrected chi connectivity index (χ3v) is 4.75. The maximum Gasteiger partial charge on any atom is 0.263 e. The quantitative estimate of drug-likeness (QED) is 0.903. The number of pyridine rings is 1. The molecule has 1 saturated heterocycles. The monoisotopic (exact) mass is 291 g/mol. The molecule has 0 saturated carbocycles. The molecule has 106 valence electrons. The lowest BCUT2D eigenvalue weighted by Gasteiger charge is -2.08. The van der Waals surface area contributed by atoms with E-state index in [-0.39, 0.29) is 5.91 Å². The Hall–Kier alpha value is -1.66. The lowest BCUT2D eigenvalue weighted by molar-refractivity contribution is 0.0955. The Morgan fingerprint density at radius 1 is 1.60 bits per heavy atom. The molecular weight excluding hydrogens is 274 g/mol. The number of nitrogen functional groups attached to an aromatic ring is 1. The van der Waals surface area contributed by atoms with E-state index < -0.39 is 0 Å². The van der Waals surface area contributed by atoms with E-state index in [0.717, 1.165) is 36.1 Å². The Kier molecular flexibility index (Phi) is 3.84. The fraction of sp³-hybridized carbons (Fsp3) is 0.429. The van der Waals surface area contributed by atoms with Gasteiger partial charge in [-0.15, -0.1) is 11.3 Å². The molecule has 0 aliphatic carbocycles. The molecule has 0 bridgehead atoms. The number of rotatable bonds is 4. The van der Waals surface area contributed by atoms with Crippen LogP contribution < -0.4 is 11.1 Å². The highest BCUT2D eigenvalue weighted by molar-refractivity contribution is 7.21. The highest BCUT2D eigenvalue weighted by Crippen LogP contribution is 2.32. The topological polar surface area (TPSA) is 77.2 Å². The predicted octanol–water partition coefficient (Wildman–Crippen LogP) is 2.03. The number of hydrogen-bond acceptors (Lipinski definition) is 5. The van der Waals surface area contributed by atoms with Crippen molar-refractivity contribution in [2.45, 2.75) is 12.8 Å². The van der Waals surface area contributed by atoms with Gasteiger partial charge in [-0.2, -0.15) is 0 Å². The zero-order valence-corrected chi connectivity index (χ0v) is 11.9. The number of nitrogens with two attached hydrogens (primary N) is 1. The van der Waals surface area contributed by atoms with Crippen molar-refractivity contribution in [2.24, 2.45) is 5.92 Å². The number of nitrogens with one attached hydrogen (secondary N) is 1.